The van der Waals surface area contributed by atoms with E-state index in [2.05, 4.69) is 0 Å². The number of aliphatic hydroxyl groups is 7. The summed E-state index contributed by atoms with van der Waals surface area (Å²) in [4.78, 5) is 24.8. The summed E-state index contributed by atoms with van der Waals surface area (Å²) < 4.78 is 22.9. The van der Waals surface area contributed by atoms with Gasteiger partial charge in [-0.1, -0.05) is 62.5 Å². The van der Waals surface area contributed by atoms with Crippen molar-refractivity contribution in [3.63, 3.8) is 0 Å². The van der Waals surface area contributed by atoms with E-state index in [1.165, 1.54) is 0 Å². The van der Waals surface area contributed by atoms with E-state index in [4.69, 9.17) is 24.7 Å². The first kappa shape index (κ1) is 42.9. The molecule has 2 bridgehead atoms. The van der Waals surface area contributed by atoms with Gasteiger partial charge in [-0.3, -0.25) is 9.59 Å². The van der Waals surface area contributed by atoms with Gasteiger partial charge in [-0.05, 0) is 31.6 Å². The Hall–Kier alpha value is -2.54. The molecule has 0 spiro atoms. The third-order valence-corrected chi connectivity index (χ3v) is 9.38. The van der Waals surface area contributed by atoms with E-state index in [0.29, 0.717) is 6.42 Å². The predicted molar refractivity (Wildman–Crippen MR) is 182 cm³/mol. The lowest BCUT2D eigenvalue weighted by Crippen LogP contribution is -2.59. The monoisotopic (exact) mass is 727 g/mol. The Kier molecular flexibility index (Phi) is 17.3. The van der Waals surface area contributed by atoms with Gasteiger partial charge in [0.25, 0.3) is 0 Å². The first-order valence-corrected chi connectivity index (χ1v) is 17.7. The summed E-state index contributed by atoms with van der Waals surface area (Å²) >= 11 is 0. The number of fused-ring (bicyclic) bond motifs is 2. The molecular formula is C36H57NO14. The minimum absolute atomic E-state index is 0.0703. The Balaban J connectivity index is 1.87. The van der Waals surface area contributed by atoms with Crippen molar-refractivity contribution in [2.24, 2.45) is 17.6 Å². The van der Waals surface area contributed by atoms with Crippen molar-refractivity contribution in [3.05, 3.63) is 48.6 Å². The number of nitrogens with two attached hydrogens (primary N) is 1. The number of carboxylic acids is 1. The van der Waals surface area contributed by atoms with E-state index in [-0.39, 0.29) is 37.9 Å². The summed E-state index contributed by atoms with van der Waals surface area (Å²) in [5, 5.41) is 84.8. The molecule has 2 saturated heterocycles. The average Bonchev–Trinajstić information content (AvgIpc) is 3.04. The molecule has 15 nitrogen and oxygen atoms in total. The zero-order valence-corrected chi connectivity index (χ0v) is 29.3. The molecule has 51 heavy (non-hydrogen) atoms. The lowest BCUT2D eigenvalue weighted by Gasteiger charge is -2.45. The molecule has 0 amide bonds. The first-order valence-electron chi connectivity index (χ1n) is 17.7. The highest BCUT2D eigenvalue weighted by Crippen LogP contribution is 2.38. The van der Waals surface area contributed by atoms with Crippen molar-refractivity contribution in [1.29, 1.82) is 0 Å². The normalized spacial score (nSPS) is 42.7. The molecule has 0 aromatic heterocycles. The number of rotatable bonds is 4. The lowest BCUT2D eigenvalue weighted by atomic mass is 9.82. The number of carbonyl (C=O) groups is 2. The van der Waals surface area contributed by atoms with Crippen LogP contribution in [0.3, 0.4) is 0 Å². The van der Waals surface area contributed by atoms with Crippen LogP contribution < -0.4 is 5.73 Å². The van der Waals surface area contributed by atoms with Gasteiger partial charge in [0.05, 0.1) is 55.4 Å². The van der Waals surface area contributed by atoms with Crippen LogP contribution in [-0.4, -0.2) is 132 Å². The topological polar surface area (TPSA) is 259 Å². The third kappa shape index (κ3) is 13.7. The SMILES string of the molecule is CC(C)C1CCC/C=C/C=C/C=C/C=C/C(O[C@@H]2OC[C@@H](O)[C@H](N)[C@@H]2O)CC2OC(O)(CC(O)CC(O)C(O)CCC(=O)O1)CC(O)C2C(=O)O. The Morgan fingerprint density at radius 2 is 1.61 bits per heavy atom. The van der Waals surface area contributed by atoms with Gasteiger partial charge in [0.15, 0.2) is 12.1 Å². The molecule has 13 atom stereocenters. The third-order valence-electron chi connectivity index (χ3n) is 9.38. The highest BCUT2D eigenvalue weighted by atomic mass is 16.7. The van der Waals surface area contributed by atoms with Gasteiger partial charge in [0.1, 0.15) is 18.1 Å². The predicted octanol–water partition coefficient (Wildman–Crippen LogP) is 0.326. The van der Waals surface area contributed by atoms with Crippen LogP contribution in [0.1, 0.15) is 71.6 Å². The van der Waals surface area contributed by atoms with Crippen LogP contribution in [0.4, 0.5) is 0 Å². The fourth-order valence-corrected chi connectivity index (χ4v) is 6.43. The zero-order chi connectivity index (χ0) is 37.7. The number of esters is 1. The number of hydrogen-bond donors (Lipinski definition) is 9. The Bertz CT molecular complexity index is 1210. The second-order valence-electron chi connectivity index (χ2n) is 14.0. The summed E-state index contributed by atoms with van der Waals surface area (Å²) in [6.45, 7) is 3.67. The van der Waals surface area contributed by atoms with Crippen molar-refractivity contribution in [3.8, 4) is 0 Å². The quantitative estimate of drug-likeness (QED) is 0.177. The van der Waals surface area contributed by atoms with E-state index < -0.39 is 104 Å². The maximum absolute atomic E-state index is 12.6. The number of aliphatic carboxylic acids is 1. The summed E-state index contributed by atoms with van der Waals surface area (Å²) in [6.07, 6.45) is 1.47. The number of allylic oxidation sites excluding steroid dienone is 7. The Morgan fingerprint density at radius 3 is 2.29 bits per heavy atom. The number of cyclic esters (lactones) is 1. The van der Waals surface area contributed by atoms with Gasteiger partial charge >= 0.3 is 11.9 Å². The molecule has 3 heterocycles. The van der Waals surface area contributed by atoms with Crippen LogP contribution in [0.2, 0.25) is 0 Å². The molecule has 3 aliphatic rings. The number of ether oxygens (including phenoxy) is 4. The van der Waals surface area contributed by atoms with Crippen LogP contribution in [0.15, 0.2) is 48.6 Å². The molecule has 3 rings (SSSR count). The number of aliphatic hydroxyl groups excluding tert-OH is 6. The minimum Gasteiger partial charge on any atom is -0.481 e. The molecule has 2 fully saturated rings. The van der Waals surface area contributed by atoms with Crippen molar-refractivity contribution in [2.45, 2.75) is 145 Å². The number of carboxylic acid groups (broad SMARTS) is 1. The summed E-state index contributed by atoms with van der Waals surface area (Å²) in [6, 6.07) is -1.08. The molecule has 15 heteroatoms. The van der Waals surface area contributed by atoms with Crippen LogP contribution in [0.25, 0.3) is 0 Å². The highest BCUT2D eigenvalue weighted by Gasteiger charge is 2.50. The molecule has 290 valence electrons. The Morgan fingerprint density at radius 1 is 0.922 bits per heavy atom. The van der Waals surface area contributed by atoms with E-state index in [1.54, 1.807) is 30.4 Å². The van der Waals surface area contributed by atoms with Gasteiger partial charge in [-0.25, -0.2) is 0 Å². The number of carbonyl (C=O) groups excluding carboxylic acids is 1. The van der Waals surface area contributed by atoms with Crippen LogP contribution in [-0.2, 0) is 28.5 Å². The van der Waals surface area contributed by atoms with E-state index in [1.807, 2.05) is 32.1 Å². The van der Waals surface area contributed by atoms with Crippen molar-refractivity contribution in [1.82, 2.24) is 0 Å². The fraction of sp³-hybridized carbons (Fsp3) is 0.722. The summed E-state index contributed by atoms with van der Waals surface area (Å²) in [5.41, 5.74) is 5.90. The summed E-state index contributed by atoms with van der Waals surface area (Å²) in [7, 11) is 0. The molecular weight excluding hydrogens is 670 g/mol. The lowest BCUT2D eigenvalue weighted by molar-refractivity contribution is -0.305. The molecule has 0 radical (unpaired) electrons. The van der Waals surface area contributed by atoms with Crippen molar-refractivity contribution >= 4 is 11.9 Å². The van der Waals surface area contributed by atoms with Crippen molar-refractivity contribution < 1.29 is 69.4 Å². The fourth-order valence-electron chi connectivity index (χ4n) is 6.43. The van der Waals surface area contributed by atoms with Crippen molar-refractivity contribution in [2.75, 3.05) is 6.61 Å². The molecule has 9 unspecified atom stereocenters. The first-order chi connectivity index (χ1) is 24.1. The molecule has 0 aromatic carbocycles. The van der Waals surface area contributed by atoms with E-state index >= 15 is 0 Å². The van der Waals surface area contributed by atoms with E-state index in [9.17, 15) is 50.4 Å². The minimum atomic E-state index is -2.25. The number of hydrogen-bond acceptors (Lipinski definition) is 14. The van der Waals surface area contributed by atoms with Gasteiger partial charge in [0.2, 0.25) is 0 Å². The van der Waals surface area contributed by atoms with Crippen LogP contribution >= 0.6 is 0 Å². The van der Waals surface area contributed by atoms with Gasteiger partial charge in [-0.2, -0.15) is 0 Å². The standard InChI is InChI=1S/C36H57NO14/c1-21(2)28-13-11-9-7-5-3-4-6-8-10-12-23(49-35-33(44)32(37)27(42)20-48-35)17-29-31(34(45)46)26(41)19-36(47,51-29)18-22(38)16-25(40)24(39)14-15-30(43)50-28/h3-8,10,12,21-29,31-33,35,38-42,44,47H,9,11,13-20,37H2,1-2H3,(H,45,46)/b4-3+,7-5+,8-6+,12-10+/t22?,23?,24?,25?,26?,27-,28?,29?,31?,32+,33+,35+,36?/m1/s1. The highest BCUT2D eigenvalue weighted by molar-refractivity contribution is 5.71. The summed E-state index contributed by atoms with van der Waals surface area (Å²) in [5.74, 6) is -5.64. The maximum atomic E-state index is 12.6. The molecule has 3 aliphatic heterocycles. The Labute approximate surface area is 298 Å². The zero-order valence-electron chi connectivity index (χ0n) is 29.3. The molecule has 0 saturated carbocycles. The molecule has 0 aromatic rings. The smallest absolute Gasteiger partial charge is 0.311 e. The largest absolute Gasteiger partial charge is 0.481 e. The second kappa shape index (κ2) is 20.6. The average molecular weight is 728 g/mol. The van der Waals surface area contributed by atoms with Gasteiger partial charge in [0, 0.05) is 32.1 Å². The van der Waals surface area contributed by atoms with Crippen LogP contribution in [0.5, 0.6) is 0 Å². The maximum Gasteiger partial charge on any atom is 0.311 e. The van der Waals surface area contributed by atoms with Crippen LogP contribution in [0, 0.1) is 11.8 Å². The van der Waals surface area contributed by atoms with E-state index in [0.717, 1.165) is 12.8 Å². The van der Waals surface area contributed by atoms with Gasteiger partial charge < -0.3 is 65.5 Å². The molecule has 0 aliphatic carbocycles. The molecule has 10 N–H and O–H groups in total. The van der Waals surface area contributed by atoms with Gasteiger partial charge in [-0.15, -0.1) is 0 Å². The second-order valence-corrected chi connectivity index (χ2v) is 14.0.